The number of likely N-dealkylation sites (N-methyl/N-ethyl adjacent to an activating group) is 1. The Morgan fingerprint density at radius 1 is 1.69 bits per heavy atom. The van der Waals surface area contributed by atoms with E-state index in [9.17, 15) is 4.79 Å². The SMILES string of the molecule is CCOC(=O)CN(C)c1ncccc1C#N. The fourth-order valence-electron chi connectivity index (χ4n) is 1.26. The van der Waals surface area contributed by atoms with E-state index in [1.165, 1.54) is 0 Å². The number of hydrogen-bond donors (Lipinski definition) is 0. The van der Waals surface area contributed by atoms with Crippen LogP contribution in [0.4, 0.5) is 5.82 Å². The van der Waals surface area contributed by atoms with Crippen molar-refractivity contribution in [2.24, 2.45) is 0 Å². The van der Waals surface area contributed by atoms with Gasteiger partial charge in [-0.25, -0.2) is 4.98 Å². The number of hydrogen-bond acceptors (Lipinski definition) is 5. The first-order chi connectivity index (χ1) is 7.69. The molecule has 1 aromatic heterocycles. The maximum atomic E-state index is 11.3. The molecule has 0 N–H and O–H groups in total. The normalized spacial score (nSPS) is 9.31. The molecule has 0 saturated heterocycles. The highest BCUT2D eigenvalue weighted by Crippen LogP contribution is 2.13. The predicted octanol–water partition coefficient (Wildman–Crippen LogP) is 0.953. The molecule has 0 atom stereocenters. The van der Waals surface area contributed by atoms with Gasteiger partial charge in [-0.2, -0.15) is 5.26 Å². The smallest absolute Gasteiger partial charge is 0.325 e. The highest BCUT2D eigenvalue weighted by molar-refractivity contribution is 5.75. The molecule has 84 valence electrons. The number of rotatable bonds is 4. The molecule has 1 aromatic rings. The predicted molar refractivity (Wildman–Crippen MR) is 58.9 cm³/mol. The van der Waals surface area contributed by atoms with Crippen molar-refractivity contribution in [1.29, 1.82) is 5.26 Å². The minimum atomic E-state index is -0.334. The van der Waals surface area contributed by atoms with Crippen molar-refractivity contribution < 1.29 is 9.53 Å². The fourth-order valence-corrected chi connectivity index (χ4v) is 1.26. The first-order valence-corrected chi connectivity index (χ1v) is 4.91. The molecule has 0 fully saturated rings. The molecule has 0 aliphatic carbocycles. The van der Waals surface area contributed by atoms with Gasteiger partial charge in [-0.1, -0.05) is 0 Å². The van der Waals surface area contributed by atoms with Crippen LogP contribution in [0.1, 0.15) is 12.5 Å². The summed E-state index contributed by atoms with van der Waals surface area (Å²) in [6.07, 6.45) is 1.58. The van der Waals surface area contributed by atoms with E-state index >= 15 is 0 Å². The van der Waals surface area contributed by atoms with Gasteiger partial charge in [0.1, 0.15) is 18.4 Å². The van der Waals surface area contributed by atoms with Gasteiger partial charge in [0.25, 0.3) is 0 Å². The molecule has 1 rings (SSSR count). The maximum absolute atomic E-state index is 11.3. The Kier molecular flexibility index (Phi) is 4.28. The molecule has 0 saturated carbocycles. The molecule has 0 spiro atoms. The summed E-state index contributed by atoms with van der Waals surface area (Å²) in [4.78, 5) is 16.9. The van der Waals surface area contributed by atoms with Crippen LogP contribution in [-0.2, 0) is 9.53 Å². The molecular formula is C11H13N3O2. The number of pyridine rings is 1. The van der Waals surface area contributed by atoms with Crippen molar-refractivity contribution >= 4 is 11.8 Å². The van der Waals surface area contributed by atoms with E-state index < -0.39 is 0 Å². The van der Waals surface area contributed by atoms with Gasteiger partial charge in [0.2, 0.25) is 0 Å². The highest BCUT2D eigenvalue weighted by atomic mass is 16.5. The largest absolute Gasteiger partial charge is 0.465 e. The van der Waals surface area contributed by atoms with Crippen LogP contribution in [0.2, 0.25) is 0 Å². The Bertz CT molecular complexity index is 412. The summed E-state index contributed by atoms with van der Waals surface area (Å²) in [6, 6.07) is 5.36. The van der Waals surface area contributed by atoms with Gasteiger partial charge in [-0.05, 0) is 19.1 Å². The lowest BCUT2D eigenvalue weighted by atomic mass is 10.2. The lowest BCUT2D eigenvalue weighted by molar-refractivity contribution is -0.141. The van der Waals surface area contributed by atoms with Gasteiger partial charge >= 0.3 is 5.97 Å². The molecule has 0 aliphatic heterocycles. The van der Waals surface area contributed by atoms with Crippen LogP contribution in [0.15, 0.2) is 18.3 Å². The summed E-state index contributed by atoms with van der Waals surface area (Å²) in [6.45, 7) is 2.18. The quantitative estimate of drug-likeness (QED) is 0.705. The molecule has 5 nitrogen and oxygen atoms in total. The summed E-state index contributed by atoms with van der Waals surface area (Å²) in [7, 11) is 1.69. The van der Waals surface area contributed by atoms with Gasteiger partial charge in [-0.3, -0.25) is 4.79 Å². The van der Waals surface area contributed by atoms with Crippen LogP contribution in [0, 0.1) is 11.3 Å². The summed E-state index contributed by atoms with van der Waals surface area (Å²) in [5, 5.41) is 8.87. The Hall–Kier alpha value is -2.09. The molecule has 0 bridgehead atoms. The van der Waals surface area contributed by atoms with Crippen LogP contribution in [-0.4, -0.2) is 31.2 Å². The van der Waals surface area contributed by atoms with Crippen molar-refractivity contribution in [2.45, 2.75) is 6.92 Å². The average Bonchev–Trinajstić information content (AvgIpc) is 2.29. The van der Waals surface area contributed by atoms with Crippen molar-refractivity contribution in [2.75, 3.05) is 25.1 Å². The number of nitriles is 1. The van der Waals surface area contributed by atoms with Gasteiger partial charge in [0.15, 0.2) is 0 Å². The second-order valence-corrected chi connectivity index (χ2v) is 3.15. The average molecular weight is 219 g/mol. The van der Waals surface area contributed by atoms with E-state index in [0.717, 1.165) is 0 Å². The number of ether oxygens (including phenoxy) is 1. The third-order valence-corrected chi connectivity index (χ3v) is 1.94. The zero-order valence-electron chi connectivity index (χ0n) is 9.30. The summed E-state index contributed by atoms with van der Waals surface area (Å²) < 4.78 is 4.82. The Morgan fingerprint density at radius 2 is 2.44 bits per heavy atom. The minimum Gasteiger partial charge on any atom is -0.465 e. The van der Waals surface area contributed by atoms with Gasteiger partial charge in [0.05, 0.1) is 12.2 Å². The Balaban J connectivity index is 2.77. The monoisotopic (exact) mass is 219 g/mol. The van der Waals surface area contributed by atoms with Crippen molar-refractivity contribution in [3.63, 3.8) is 0 Å². The van der Waals surface area contributed by atoms with Crippen LogP contribution < -0.4 is 4.90 Å². The molecular weight excluding hydrogens is 206 g/mol. The van der Waals surface area contributed by atoms with Crippen molar-refractivity contribution in [3.8, 4) is 6.07 Å². The number of carbonyl (C=O) groups is 1. The van der Waals surface area contributed by atoms with Crippen LogP contribution >= 0.6 is 0 Å². The summed E-state index contributed by atoms with van der Waals surface area (Å²) >= 11 is 0. The van der Waals surface area contributed by atoms with Crippen LogP contribution in [0.3, 0.4) is 0 Å². The molecule has 0 amide bonds. The second kappa shape index (κ2) is 5.71. The van der Waals surface area contributed by atoms with E-state index in [2.05, 4.69) is 4.98 Å². The summed E-state index contributed by atoms with van der Waals surface area (Å²) in [5.41, 5.74) is 0.439. The third kappa shape index (κ3) is 2.95. The number of anilines is 1. The first-order valence-electron chi connectivity index (χ1n) is 4.91. The van der Waals surface area contributed by atoms with E-state index in [-0.39, 0.29) is 12.5 Å². The fraction of sp³-hybridized carbons (Fsp3) is 0.364. The number of aromatic nitrogens is 1. The zero-order chi connectivity index (χ0) is 12.0. The number of esters is 1. The van der Waals surface area contributed by atoms with E-state index in [1.54, 1.807) is 37.2 Å². The lowest BCUT2D eigenvalue weighted by Gasteiger charge is -2.17. The summed E-state index contributed by atoms with van der Waals surface area (Å²) in [5.74, 6) is 0.151. The second-order valence-electron chi connectivity index (χ2n) is 3.15. The van der Waals surface area contributed by atoms with E-state index in [4.69, 9.17) is 10.00 Å². The highest BCUT2D eigenvalue weighted by Gasteiger charge is 2.12. The topological polar surface area (TPSA) is 66.2 Å². The Morgan fingerprint density at radius 3 is 3.06 bits per heavy atom. The third-order valence-electron chi connectivity index (χ3n) is 1.94. The van der Waals surface area contributed by atoms with Gasteiger partial charge in [0, 0.05) is 13.2 Å². The molecule has 0 aliphatic rings. The maximum Gasteiger partial charge on any atom is 0.325 e. The van der Waals surface area contributed by atoms with Crippen molar-refractivity contribution in [1.82, 2.24) is 4.98 Å². The van der Waals surface area contributed by atoms with E-state index in [1.807, 2.05) is 6.07 Å². The van der Waals surface area contributed by atoms with Gasteiger partial charge < -0.3 is 9.64 Å². The van der Waals surface area contributed by atoms with E-state index in [0.29, 0.717) is 18.0 Å². The molecule has 0 aromatic carbocycles. The first kappa shape index (κ1) is 12.0. The van der Waals surface area contributed by atoms with Gasteiger partial charge in [-0.15, -0.1) is 0 Å². The molecule has 16 heavy (non-hydrogen) atoms. The van der Waals surface area contributed by atoms with Crippen LogP contribution in [0.5, 0.6) is 0 Å². The molecule has 5 heteroatoms. The zero-order valence-corrected chi connectivity index (χ0v) is 9.30. The molecule has 0 unspecified atom stereocenters. The molecule has 1 heterocycles. The number of nitrogens with zero attached hydrogens (tertiary/aromatic N) is 3. The van der Waals surface area contributed by atoms with Crippen molar-refractivity contribution in [3.05, 3.63) is 23.9 Å². The van der Waals surface area contributed by atoms with Crippen LogP contribution in [0.25, 0.3) is 0 Å². The standard InChI is InChI=1S/C11H13N3O2/c1-3-16-10(15)8-14(2)11-9(7-12)5-4-6-13-11/h4-6H,3,8H2,1-2H3. The minimum absolute atomic E-state index is 0.0829. The number of carbonyl (C=O) groups excluding carboxylic acids is 1. The molecule has 0 radical (unpaired) electrons. The lowest BCUT2D eigenvalue weighted by Crippen LogP contribution is -2.28. The Labute approximate surface area is 94.3 Å².